The second-order valence-corrected chi connectivity index (χ2v) is 5.80. The van der Waals surface area contributed by atoms with Crippen LogP contribution in [-0.2, 0) is 0 Å². The van der Waals surface area contributed by atoms with Gasteiger partial charge in [-0.2, -0.15) is 0 Å². The van der Waals surface area contributed by atoms with E-state index in [0.29, 0.717) is 10.6 Å². The second kappa shape index (κ2) is 6.04. The third kappa shape index (κ3) is 2.87. The topological polar surface area (TPSA) is 32.3 Å². The van der Waals surface area contributed by atoms with Gasteiger partial charge in [-0.1, -0.05) is 27.5 Å². The van der Waals surface area contributed by atoms with E-state index in [4.69, 9.17) is 11.6 Å². The Morgan fingerprint density at radius 3 is 3.11 bits per heavy atom. The molecule has 1 aromatic carbocycles. The molecular weight excluding hydrogens is 316 g/mol. The molecule has 1 heterocycles. The molecule has 3 nitrogen and oxygen atoms in total. The van der Waals surface area contributed by atoms with E-state index in [0.717, 1.165) is 30.4 Å². The lowest BCUT2D eigenvalue weighted by molar-refractivity contribution is 0.0737. The summed E-state index contributed by atoms with van der Waals surface area (Å²) in [6.07, 6.45) is 2.11. The third-order valence-corrected chi connectivity index (χ3v) is 4.06. The number of halogens is 2. The highest BCUT2D eigenvalue weighted by molar-refractivity contribution is 9.10. The van der Waals surface area contributed by atoms with E-state index in [-0.39, 0.29) is 11.9 Å². The van der Waals surface area contributed by atoms with Crippen molar-refractivity contribution < 1.29 is 4.79 Å². The zero-order valence-electron chi connectivity index (χ0n) is 10.2. The Hall–Kier alpha value is -0.580. The predicted octanol–water partition coefficient (Wildman–Crippen LogP) is 2.93. The number of hydrogen-bond donors (Lipinski definition) is 1. The molecule has 0 aliphatic carbocycles. The molecule has 0 bridgehead atoms. The predicted molar refractivity (Wildman–Crippen MR) is 77.1 cm³/mol. The van der Waals surface area contributed by atoms with Crippen LogP contribution in [0.3, 0.4) is 0 Å². The first-order valence-corrected chi connectivity index (χ1v) is 7.21. The molecule has 0 unspecified atom stereocenters. The first kappa shape index (κ1) is 13.8. The van der Waals surface area contributed by atoms with E-state index in [1.807, 2.05) is 18.0 Å². The van der Waals surface area contributed by atoms with Gasteiger partial charge in [0, 0.05) is 23.6 Å². The fourth-order valence-electron chi connectivity index (χ4n) is 2.37. The fraction of sp³-hybridized carbons (Fsp3) is 0.462. The van der Waals surface area contributed by atoms with Crippen molar-refractivity contribution in [2.24, 2.45) is 0 Å². The average Bonchev–Trinajstić information content (AvgIpc) is 2.80. The van der Waals surface area contributed by atoms with Crippen LogP contribution in [-0.4, -0.2) is 37.0 Å². The van der Waals surface area contributed by atoms with Crippen molar-refractivity contribution in [3.05, 3.63) is 33.3 Å². The molecule has 1 aromatic rings. The largest absolute Gasteiger partial charge is 0.334 e. The molecule has 1 fully saturated rings. The van der Waals surface area contributed by atoms with Crippen molar-refractivity contribution in [3.8, 4) is 0 Å². The van der Waals surface area contributed by atoms with E-state index in [2.05, 4.69) is 21.2 Å². The zero-order valence-corrected chi connectivity index (χ0v) is 12.6. The number of nitrogens with zero attached hydrogens (tertiary/aromatic N) is 1. The molecule has 1 atom stereocenters. The highest BCUT2D eigenvalue weighted by Gasteiger charge is 2.29. The maximum Gasteiger partial charge on any atom is 0.255 e. The minimum Gasteiger partial charge on any atom is -0.334 e. The van der Waals surface area contributed by atoms with Gasteiger partial charge in [0.05, 0.1) is 10.6 Å². The number of likely N-dealkylation sites (N-methyl/N-ethyl adjacent to an activating group) is 1. The van der Waals surface area contributed by atoms with Gasteiger partial charge < -0.3 is 10.2 Å². The fourth-order valence-corrected chi connectivity index (χ4v) is 2.93. The van der Waals surface area contributed by atoms with Gasteiger partial charge in [0.15, 0.2) is 0 Å². The number of carbonyl (C=O) groups is 1. The summed E-state index contributed by atoms with van der Waals surface area (Å²) < 4.78 is 0.875. The maximum absolute atomic E-state index is 12.5. The summed E-state index contributed by atoms with van der Waals surface area (Å²) >= 11 is 9.49. The van der Waals surface area contributed by atoms with Crippen LogP contribution in [0.5, 0.6) is 0 Å². The second-order valence-electron chi connectivity index (χ2n) is 4.48. The summed E-state index contributed by atoms with van der Waals surface area (Å²) in [5, 5.41) is 3.65. The normalized spacial score (nSPS) is 19.3. The van der Waals surface area contributed by atoms with E-state index in [9.17, 15) is 4.79 Å². The minimum absolute atomic E-state index is 0.0269. The van der Waals surface area contributed by atoms with Crippen molar-refractivity contribution in [1.82, 2.24) is 10.2 Å². The van der Waals surface area contributed by atoms with Crippen LogP contribution in [0, 0.1) is 0 Å². The van der Waals surface area contributed by atoms with E-state index < -0.39 is 0 Å². The molecule has 1 aliphatic rings. The van der Waals surface area contributed by atoms with Gasteiger partial charge in [0.25, 0.3) is 5.91 Å². The number of amides is 1. The van der Waals surface area contributed by atoms with Crippen LogP contribution < -0.4 is 5.32 Å². The number of likely N-dealkylation sites (tertiary alicyclic amines) is 1. The van der Waals surface area contributed by atoms with Crippen molar-refractivity contribution in [1.29, 1.82) is 0 Å². The molecule has 2 rings (SSSR count). The van der Waals surface area contributed by atoms with Gasteiger partial charge in [-0.3, -0.25) is 4.79 Å². The molecule has 1 N–H and O–H groups in total. The Morgan fingerprint density at radius 2 is 2.39 bits per heavy atom. The quantitative estimate of drug-likeness (QED) is 0.923. The Kier molecular flexibility index (Phi) is 4.65. The van der Waals surface area contributed by atoms with Crippen LogP contribution in [0.2, 0.25) is 5.02 Å². The monoisotopic (exact) mass is 330 g/mol. The van der Waals surface area contributed by atoms with Gasteiger partial charge in [-0.05, 0) is 38.1 Å². The Labute approximate surface area is 121 Å². The lowest BCUT2D eigenvalue weighted by Crippen LogP contribution is -2.40. The van der Waals surface area contributed by atoms with Crippen LogP contribution in [0.4, 0.5) is 0 Å². The smallest absolute Gasteiger partial charge is 0.255 e. The molecular formula is C13H16BrClN2O. The molecule has 1 amide bonds. The molecule has 0 aromatic heterocycles. The van der Waals surface area contributed by atoms with Crippen molar-refractivity contribution in [2.45, 2.75) is 18.9 Å². The van der Waals surface area contributed by atoms with Gasteiger partial charge in [-0.25, -0.2) is 0 Å². The molecule has 5 heteroatoms. The Balaban J connectivity index is 2.22. The molecule has 18 heavy (non-hydrogen) atoms. The minimum atomic E-state index is 0.0269. The highest BCUT2D eigenvalue weighted by Crippen LogP contribution is 2.26. The Morgan fingerprint density at radius 1 is 1.61 bits per heavy atom. The van der Waals surface area contributed by atoms with Crippen molar-refractivity contribution in [3.63, 3.8) is 0 Å². The van der Waals surface area contributed by atoms with Crippen LogP contribution in [0.25, 0.3) is 0 Å². The lowest BCUT2D eigenvalue weighted by atomic mass is 10.1. The first-order valence-electron chi connectivity index (χ1n) is 6.04. The van der Waals surface area contributed by atoms with Gasteiger partial charge in [-0.15, -0.1) is 0 Å². The number of rotatable bonds is 3. The molecule has 98 valence electrons. The third-order valence-electron chi connectivity index (χ3n) is 3.24. The highest BCUT2D eigenvalue weighted by atomic mass is 79.9. The zero-order chi connectivity index (χ0) is 13.1. The lowest BCUT2D eigenvalue weighted by Gasteiger charge is -2.25. The van der Waals surface area contributed by atoms with E-state index in [1.165, 1.54) is 0 Å². The van der Waals surface area contributed by atoms with Crippen LogP contribution in [0.1, 0.15) is 23.2 Å². The van der Waals surface area contributed by atoms with E-state index >= 15 is 0 Å². The summed E-state index contributed by atoms with van der Waals surface area (Å²) in [4.78, 5) is 14.4. The molecule has 0 radical (unpaired) electrons. The van der Waals surface area contributed by atoms with Crippen molar-refractivity contribution >= 4 is 33.4 Å². The van der Waals surface area contributed by atoms with Crippen LogP contribution in [0.15, 0.2) is 22.7 Å². The van der Waals surface area contributed by atoms with E-state index in [1.54, 1.807) is 12.1 Å². The SMILES string of the molecule is CNC[C@H]1CCCN1C(=O)c1cc(Br)ccc1Cl. The van der Waals surface area contributed by atoms with Crippen molar-refractivity contribution in [2.75, 3.05) is 20.1 Å². The maximum atomic E-state index is 12.5. The summed E-state index contributed by atoms with van der Waals surface area (Å²) in [6.45, 7) is 1.64. The number of benzene rings is 1. The summed E-state index contributed by atoms with van der Waals surface area (Å²) in [5.41, 5.74) is 0.578. The van der Waals surface area contributed by atoms with Gasteiger partial charge >= 0.3 is 0 Å². The first-order chi connectivity index (χ1) is 8.63. The molecule has 1 saturated heterocycles. The number of carbonyl (C=O) groups excluding carboxylic acids is 1. The average molecular weight is 332 g/mol. The number of hydrogen-bond acceptors (Lipinski definition) is 2. The molecule has 0 spiro atoms. The van der Waals surface area contributed by atoms with Crippen LogP contribution >= 0.6 is 27.5 Å². The molecule has 1 aliphatic heterocycles. The molecule has 0 saturated carbocycles. The summed E-state index contributed by atoms with van der Waals surface area (Å²) in [7, 11) is 1.91. The summed E-state index contributed by atoms with van der Waals surface area (Å²) in [6, 6.07) is 5.66. The Bertz CT molecular complexity index is 453. The standard InChI is InChI=1S/C13H16BrClN2O/c1-16-8-10-3-2-6-17(10)13(18)11-7-9(14)4-5-12(11)15/h4-5,7,10,16H,2-3,6,8H2,1H3/t10-/m1/s1. The van der Waals surface area contributed by atoms with Gasteiger partial charge in [0.1, 0.15) is 0 Å². The van der Waals surface area contributed by atoms with Gasteiger partial charge in [0.2, 0.25) is 0 Å². The number of nitrogens with one attached hydrogen (secondary N) is 1. The summed E-state index contributed by atoms with van der Waals surface area (Å²) in [5.74, 6) is 0.0269.